The number of hydrogen-bond donors (Lipinski definition) is 2. The van der Waals surface area contributed by atoms with Crippen molar-refractivity contribution in [1.29, 1.82) is 0 Å². The molecular formula is C14H18N8O3. The van der Waals surface area contributed by atoms with Gasteiger partial charge in [-0.05, 0) is 5.53 Å². The summed E-state index contributed by atoms with van der Waals surface area (Å²) in [5.74, 6) is -0.0404. The molecule has 2 N–H and O–H groups in total. The molecule has 11 heteroatoms. The highest BCUT2D eigenvalue weighted by Gasteiger charge is 2.36. The molecule has 0 bridgehead atoms. The van der Waals surface area contributed by atoms with Gasteiger partial charge in [0.1, 0.15) is 12.6 Å². The first-order valence-corrected chi connectivity index (χ1v) is 7.84. The van der Waals surface area contributed by atoms with E-state index in [0.29, 0.717) is 23.4 Å². The van der Waals surface area contributed by atoms with E-state index in [1.807, 2.05) is 0 Å². The van der Waals surface area contributed by atoms with Crippen molar-refractivity contribution >= 4 is 22.9 Å². The lowest BCUT2D eigenvalue weighted by Crippen LogP contribution is -2.22. The molecule has 1 aliphatic rings. The predicted octanol–water partition coefficient (Wildman–Crippen LogP) is 1.38. The smallest absolute Gasteiger partial charge is 0.228 e. The number of nitrogens with one attached hydrogen (secondary N) is 1. The van der Waals surface area contributed by atoms with Gasteiger partial charge in [-0.25, -0.2) is 15.0 Å². The van der Waals surface area contributed by atoms with Gasteiger partial charge in [0.2, 0.25) is 5.91 Å². The normalized spacial score (nSPS) is 23.0. The van der Waals surface area contributed by atoms with E-state index in [-0.39, 0.29) is 18.4 Å². The Labute approximate surface area is 142 Å². The highest BCUT2D eigenvalue weighted by molar-refractivity contribution is 5.97. The Morgan fingerprint density at radius 1 is 1.56 bits per heavy atom. The highest BCUT2D eigenvalue weighted by atomic mass is 16.5. The van der Waals surface area contributed by atoms with Crippen molar-refractivity contribution in [2.24, 2.45) is 11.0 Å². The quantitative estimate of drug-likeness (QED) is 0.474. The SMILES string of the molecule is CC(C)C(=O)Nc1ncnc2c1ncn2[C@H]1C[C@H](N=[N+]=[N-])[C@@H](CO)O1. The first-order chi connectivity index (χ1) is 12.0. The van der Waals surface area contributed by atoms with Crippen LogP contribution in [-0.4, -0.2) is 49.3 Å². The summed E-state index contributed by atoms with van der Waals surface area (Å²) < 4.78 is 7.43. The van der Waals surface area contributed by atoms with Crippen molar-refractivity contribution in [2.75, 3.05) is 11.9 Å². The summed E-state index contributed by atoms with van der Waals surface area (Å²) in [7, 11) is 0. The van der Waals surface area contributed by atoms with Crippen molar-refractivity contribution in [3.05, 3.63) is 23.1 Å². The van der Waals surface area contributed by atoms with E-state index in [0.717, 1.165) is 0 Å². The minimum Gasteiger partial charge on any atom is -0.394 e. The standard InChI is InChI=1S/C14H18N8O3/c1-7(2)14(24)19-12-11-13(17-5-16-12)22(6-18-11)10-3-8(20-21-15)9(4-23)25-10/h5-10,23H,3-4H2,1-2H3,(H,16,17,19,24)/t8-,9+,10+/m0/s1. The highest BCUT2D eigenvalue weighted by Crippen LogP contribution is 2.33. The number of fused-ring (bicyclic) bond motifs is 1. The number of azide groups is 1. The van der Waals surface area contributed by atoms with Crippen LogP contribution < -0.4 is 5.32 Å². The van der Waals surface area contributed by atoms with Gasteiger partial charge in [-0.2, -0.15) is 0 Å². The monoisotopic (exact) mass is 346 g/mol. The molecule has 1 aliphatic heterocycles. The second-order valence-corrected chi connectivity index (χ2v) is 6.01. The van der Waals surface area contributed by atoms with Crippen molar-refractivity contribution < 1.29 is 14.6 Å². The number of aliphatic hydroxyl groups is 1. The van der Waals surface area contributed by atoms with Gasteiger partial charge in [0.25, 0.3) is 0 Å². The number of anilines is 1. The van der Waals surface area contributed by atoms with E-state index in [9.17, 15) is 9.90 Å². The average molecular weight is 346 g/mol. The van der Waals surface area contributed by atoms with E-state index in [2.05, 4.69) is 30.3 Å². The lowest BCUT2D eigenvalue weighted by Gasteiger charge is -2.14. The minimum atomic E-state index is -0.583. The number of aliphatic hydroxyl groups excluding tert-OH is 1. The number of imidazole rings is 1. The lowest BCUT2D eigenvalue weighted by molar-refractivity contribution is -0.118. The summed E-state index contributed by atoms with van der Waals surface area (Å²) >= 11 is 0. The number of rotatable bonds is 5. The first-order valence-electron chi connectivity index (χ1n) is 7.84. The number of amides is 1. The summed E-state index contributed by atoms with van der Waals surface area (Å²) in [6.07, 6.45) is 2.18. The van der Waals surface area contributed by atoms with Crippen LogP contribution in [0.3, 0.4) is 0 Å². The van der Waals surface area contributed by atoms with E-state index >= 15 is 0 Å². The van der Waals surface area contributed by atoms with Crippen molar-refractivity contribution in [1.82, 2.24) is 19.5 Å². The van der Waals surface area contributed by atoms with Gasteiger partial charge in [-0.15, -0.1) is 0 Å². The number of carbonyl (C=O) groups is 1. The van der Waals surface area contributed by atoms with Crippen molar-refractivity contribution in [3.8, 4) is 0 Å². The first kappa shape index (κ1) is 17.1. The average Bonchev–Trinajstić information content (AvgIpc) is 3.19. The molecule has 0 radical (unpaired) electrons. The molecule has 2 aromatic rings. The molecule has 132 valence electrons. The Morgan fingerprint density at radius 3 is 3.04 bits per heavy atom. The fraction of sp³-hybridized carbons (Fsp3) is 0.571. The number of aromatic nitrogens is 4. The van der Waals surface area contributed by atoms with Crippen LogP contribution in [-0.2, 0) is 9.53 Å². The zero-order valence-corrected chi connectivity index (χ0v) is 13.8. The van der Waals surface area contributed by atoms with E-state index in [4.69, 9.17) is 10.3 Å². The topological polar surface area (TPSA) is 151 Å². The molecule has 25 heavy (non-hydrogen) atoms. The molecule has 3 atom stereocenters. The van der Waals surface area contributed by atoms with Crippen LogP contribution in [0.4, 0.5) is 5.82 Å². The van der Waals surface area contributed by atoms with Gasteiger partial charge in [0, 0.05) is 17.3 Å². The van der Waals surface area contributed by atoms with Gasteiger partial charge in [-0.3, -0.25) is 9.36 Å². The van der Waals surface area contributed by atoms with Crippen LogP contribution in [0.15, 0.2) is 17.8 Å². The van der Waals surface area contributed by atoms with Gasteiger partial charge in [0.05, 0.1) is 25.1 Å². The molecule has 1 fully saturated rings. The largest absolute Gasteiger partial charge is 0.394 e. The maximum atomic E-state index is 11.9. The van der Waals surface area contributed by atoms with Gasteiger partial charge >= 0.3 is 0 Å². The molecule has 0 unspecified atom stereocenters. The van der Waals surface area contributed by atoms with Crippen LogP contribution in [0.2, 0.25) is 0 Å². The zero-order valence-electron chi connectivity index (χ0n) is 13.8. The summed E-state index contributed by atoms with van der Waals surface area (Å²) in [6, 6.07) is -0.473. The van der Waals surface area contributed by atoms with Crippen molar-refractivity contribution in [2.45, 2.75) is 38.6 Å². The molecule has 0 aliphatic carbocycles. The molecule has 11 nitrogen and oxygen atoms in total. The maximum Gasteiger partial charge on any atom is 0.228 e. The third-order valence-electron chi connectivity index (χ3n) is 4.02. The number of hydrogen-bond acceptors (Lipinski definition) is 7. The maximum absolute atomic E-state index is 11.9. The molecule has 3 heterocycles. The fourth-order valence-corrected chi connectivity index (χ4v) is 2.65. The van der Waals surface area contributed by atoms with E-state index < -0.39 is 18.4 Å². The third kappa shape index (κ3) is 3.25. The lowest BCUT2D eigenvalue weighted by atomic mass is 10.1. The van der Waals surface area contributed by atoms with Gasteiger partial charge < -0.3 is 15.2 Å². The summed E-state index contributed by atoms with van der Waals surface area (Å²) in [4.78, 5) is 27.3. The van der Waals surface area contributed by atoms with Crippen LogP contribution >= 0.6 is 0 Å². The van der Waals surface area contributed by atoms with Gasteiger partial charge in [-0.1, -0.05) is 19.0 Å². The molecule has 0 aromatic carbocycles. The Bertz CT molecular complexity index is 829. The van der Waals surface area contributed by atoms with Crippen LogP contribution in [0, 0.1) is 5.92 Å². The molecular weight excluding hydrogens is 328 g/mol. The minimum absolute atomic E-state index is 0.171. The molecule has 3 rings (SSSR count). The summed E-state index contributed by atoms with van der Waals surface area (Å²) in [5.41, 5.74) is 9.56. The Balaban J connectivity index is 1.91. The number of ether oxygens (including phenoxy) is 1. The predicted molar refractivity (Wildman–Crippen MR) is 87.3 cm³/mol. The van der Waals surface area contributed by atoms with Crippen molar-refractivity contribution in [3.63, 3.8) is 0 Å². The number of carbonyl (C=O) groups excluding carboxylic acids is 1. The molecule has 0 saturated carbocycles. The van der Waals surface area contributed by atoms with Gasteiger partial charge in [0.15, 0.2) is 17.0 Å². The van der Waals surface area contributed by atoms with Crippen LogP contribution in [0.5, 0.6) is 0 Å². The van der Waals surface area contributed by atoms with Crippen LogP contribution in [0.25, 0.3) is 21.6 Å². The molecule has 2 aromatic heterocycles. The Morgan fingerprint density at radius 2 is 2.36 bits per heavy atom. The van der Waals surface area contributed by atoms with E-state index in [1.54, 1.807) is 18.4 Å². The number of nitrogens with zero attached hydrogens (tertiary/aromatic N) is 7. The molecule has 1 saturated heterocycles. The fourth-order valence-electron chi connectivity index (χ4n) is 2.65. The second-order valence-electron chi connectivity index (χ2n) is 6.01. The zero-order chi connectivity index (χ0) is 18.0. The Kier molecular flexibility index (Phi) is 4.79. The van der Waals surface area contributed by atoms with Crippen LogP contribution in [0.1, 0.15) is 26.5 Å². The molecule has 0 spiro atoms. The van der Waals surface area contributed by atoms with E-state index in [1.165, 1.54) is 12.7 Å². The summed E-state index contributed by atoms with van der Waals surface area (Å²) in [6.45, 7) is 3.31. The summed E-state index contributed by atoms with van der Waals surface area (Å²) in [5, 5.41) is 15.8. The second kappa shape index (κ2) is 7.01. The Hall–Kier alpha value is -2.75. The molecule has 1 amide bonds. The third-order valence-corrected chi connectivity index (χ3v) is 4.02.